The molecular weight excluding hydrogens is 310 g/mol. The van der Waals surface area contributed by atoms with Crippen LogP contribution in [0.5, 0.6) is 0 Å². The number of carbonyl (C=O) groups is 1. The molecule has 1 aromatic heterocycles. The monoisotopic (exact) mass is 339 g/mol. The number of nitrogen functional groups attached to an aromatic ring is 1. The zero-order valence-electron chi connectivity index (χ0n) is 14.0. The van der Waals surface area contributed by atoms with Crippen molar-refractivity contribution in [1.29, 1.82) is 0 Å². The summed E-state index contributed by atoms with van der Waals surface area (Å²) < 4.78 is 5.28. The summed E-state index contributed by atoms with van der Waals surface area (Å²) in [6, 6.07) is 3.72. The number of amides is 1. The lowest BCUT2D eigenvalue weighted by Gasteiger charge is -2.22. The van der Waals surface area contributed by atoms with Crippen LogP contribution in [-0.4, -0.2) is 42.9 Å². The molecule has 136 valence electrons. The molecule has 2 rings (SSSR count). The van der Waals surface area contributed by atoms with Crippen molar-refractivity contribution in [3.05, 3.63) is 12.1 Å². The predicted molar refractivity (Wildman–Crippen MR) is 96.0 cm³/mol. The molecule has 1 fully saturated rings. The number of rotatable bonds is 4. The van der Waals surface area contributed by atoms with E-state index >= 15 is 0 Å². The Kier molecular flexibility index (Phi) is 6.65. The maximum absolute atomic E-state index is 11.8. The SMILES string of the molecule is C.CONc1ccc(N2CCC(NC(=O)OC(C)(C)C)C2)nc1N. The Morgan fingerprint density at radius 1 is 1.42 bits per heavy atom. The number of carbonyl (C=O) groups excluding carboxylic acids is 1. The summed E-state index contributed by atoms with van der Waals surface area (Å²) in [5, 5.41) is 2.89. The third-order valence-corrected chi connectivity index (χ3v) is 3.36. The third kappa shape index (κ3) is 5.45. The van der Waals surface area contributed by atoms with Crippen molar-refractivity contribution in [2.75, 3.05) is 36.3 Å². The van der Waals surface area contributed by atoms with Gasteiger partial charge in [-0.15, -0.1) is 0 Å². The number of nitrogens with two attached hydrogens (primary N) is 1. The Labute approximate surface area is 143 Å². The fraction of sp³-hybridized carbons (Fsp3) is 0.625. The zero-order valence-corrected chi connectivity index (χ0v) is 14.0. The lowest BCUT2D eigenvalue weighted by molar-refractivity contribution is 0.0509. The second-order valence-electron chi connectivity index (χ2n) is 6.49. The van der Waals surface area contributed by atoms with Crippen LogP contribution in [0.2, 0.25) is 0 Å². The first-order chi connectivity index (χ1) is 10.8. The summed E-state index contributed by atoms with van der Waals surface area (Å²) in [6.45, 7) is 6.99. The van der Waals surface area contributed by atoms with Gasteiger partial charge in [0.25, 0.3) is 0 Å². The van der Waals surface area contributed by atoms with Gasteiger partial charge < -0.3 is 20.7 Å². The molecule has 8 nitrogen and oxygen atoms in total. The first-order valence-electron chi connectivity index (χ1n) is 7.58. The van der Waals surface area contributed by atoms with Gasteiger partial charge in [-0.3, -0.25) is 10.3 Å². The van der Waals surface area contributed by atoms with Crippen LogP contribution in [0.3, 0.4) is 0 Å². The van der Waals surface area contributed by atoms with Gasteiger partial charge in [0, 0.05) is 13.1 Å². The van der Waals surface area contributed by atoms with E-state index in [9.17, 15) is 4.79 Å². The molecule has 2 heterocycles. The van der Waals surface area contributed by atoms with E-state index < -0.39 is 11.7 Å². The Morgan fingerprint density at radius 2 is 2.12 bits per heavy atom. The molecule has 0 spiro atoms. The Balaban J connectivity index is 0.00000288. The normalized spacial score (nSPS) is 17.2. The molecule has 1 amide bonds. The molecule has 1 aromatic rings. The minimum atomic E-state index is -0.497. The maximum atomic E-state index is 11.8. The van der Waals surface area contributed by atoms with Crippen LogP contribution in [0.25, 0.3) is 0 Å². The van der Waals surface area contributed by atoms with E-state index in [1.54, 1.807) is 0 Å². The number of hydrogen-bond donors (Lipinski definition) is 3. The average molecular weight is 339 g/mol. The number of ether oxygens (including phenoxy) is 1. The predicted octanol–water partition coefficient (Wildman–Crippen LogP) is 2.38. The minimum Gasteiger partial charge on any atom is -0.444 e. The molecular formula is C16H29N5O3. The van der Waals surface area contributed by atoms with Gasteiger partial charge in [-0.25, -0.2) is 9.78 Å². The summed E-state index contributed by atoms with van der Waals surface area (Å²) in [4.78, 5) is 23.1. The van der Waals surface area contributed by atoms with Crippen LogP contribution in [0, 0.1) is 0 Å². The molecule has 1 saturated heterocycles. The Morgan fingerprint density at radius 3 is 2.71 bits per heavy atom. The summed E-state index contributed by atoms with van der Waals surface area (Å²) in [5.74, 6) is 1.14. The Hall–Kier alpha value is -2.22. The molecule has 0 bridgehead atoms. The smallest absolute Gasteiger partial charge is 0.407 e. The van der Waals surface area contributed by atoms with Gasteiger partial charge in [0.2, 0.25) is 0 Å². The highest BCUT2D eigenvalue weighted by Gasteiger charge is 2.27. The van der Waals surface area contributed by atoms with Crippen LogP contribution in [0.1, 0.15) is 34.6 Å². The first-order valence-corrected chi connectivity index (χ1v) is 7.58. The number of alkyl carbamates (subject to hydrolysis) is 1. The lowest BCUT2D eigenvalue weighted by Crippen LogP contribution is -2.40. The van der Waals surface area contributed by atoms with Gasteiger partial charge in [0.1, 0.15) is 17.1 Å². The van der Waals surface area contributed by atoms with Crippen molar-refractivity contribution >= 4 is 23.4 Å². The summed E-state index contributed by atoms with van der Waals surface area (Å²) in [5.41, 5.74) is 8.69. The van der Waals surface area contributed by atoms with Gasteiger partial charge in [0.15, 0.2) is 5.82 Å². The highest BCUT2D eigenvalue weighted by atomic mass is 16.6. The number of aromatic nitrogens is 1. The highest BCUT2D eigenvalue weighted by molar-refractivity contribution is 5.68. The lowest BCUT2D eigenvalue weighted by atomic mass is 10.2. The van der Waals surface area contributed by atoms with E-state index in [1.807, 2.05) is 32.9 Å². The van der Waals surface area contributed by atoms with Gasteiger partial charge >= 0.3 is 6.09 Å². The van der Waals surface area contributed by atoms with Crippen molar-refractivity contribution in [3.8, 4) is 0 Å². The number of anilines is 3. The van der Waals surface area contributed by atoms with Crippen molar-refractivity contribution in [1.82, 2.24) is 10.3 Å². The number of nitrogens with zero attached hydrogens (tertiary/aromatic N) is 2. The van der Waals surface area contributed by atoms with Crippen molar-refractivity contribution < 1.29 is 14.4 Å². The molecule has 0 aliphatic carbocycles. The van der Waals surface area contributed by atoms with Crippen molar-refractivity contribution in [3.63, 3.8) is 0 Å². The zero-order chi connectivity index (χ0) is 17.0. The molecule has 8 heteroatoms. The topological polar surface area (TPSA) is 102 Å². The molecule has 0 aromatic carbocycles. The van der Waals surface area contributed by atoms with E-state index in [2.05, 4.69) is 20.7 Å². The molecule has 0 radical (unpaired) electrons. The number of nitrogens with one attached hydrogen (secondary N) is 2. The van der Waals surface area contributed by atoms with Crippen LogP contribution >= 0.6 is 0 Å². The van der Waals surface area contributed by atoms with Crippen molar-refractivity contribution in [2.45, 2.75) is 46.3 Å². The van der Waals surface area contributed by atoms with Crippen LogP contribution < -0.4 is 21.4 Å². The van der Waals surface area contributed by atoms with Gasteiger partial charge in [-0.2, -0.15) is 0 Å². The fourth-order valence-corrected chi connectivity index (χ4v) is 2.40. The first kappa shape index (κ1) is 19.8. The highest BCUT2D eigenvalue weighted by Crippen LogP contribution is 2.24. The fourth-order valence-electron chi connectivity index (χ4n) is 2.40. The minimum absolute atomic E-state index is 0. The Bertz CT molecular complexity index is 559. The maximum Gasteiger partial charge on any atom is 0.407 e. The van der Waals surface area contributed by atoms with Crippen LogP contribution in [0.4, 0.5) is 22.1 Å². The molecule has 1 aliphatic heterocycles. The molecule has 1 unspecified atom stereocenters. The third-order valence-electron chi connectivity index (χ3n) is 3.36. The largest absolute Gasteiger partial charge is 0.444 e. The summed E-state index contributed by atoms with van der Waals surface area (Å²) in [6.07, 6.45) is 0.440. The van der Waals surface area contributed by atoms with E-state index in [1.165, 1.54) is 7.11 Å². The van der Waals surface area contributed by atoms with Crippen molar-refractivity contribution in [2.24, 2.45) is 0 Å². The summed E-state index contributed by atoms with van der Waals surface area (Å²) in [7, 11) is 1.51. The van der Waals surface area contributed by atoms with Gasteiger partial charge in [-0.1, -0.05) is 7.43 Å². The molecule has 4 N–H and O–H groups in total. The molecule has 1 aliphatic rings. The standard InChI is InChI=1S/C15H25N5O3.CH4/c1-15(2,3)23-14(21)17-10-7-8-20(9-10)12-6-5-11(19-22-4)13(16)18-12;/h5-6,10,19H,7-9H2,1-4H3,(H2,16,18)(H,17,21);1H4. The van der Waals surface area contributed by atoms with Crippen LogP contribution in [-0.2, 0) is 9.57 Å². The molecule has 1 atom stereocenters. The molecule has 24 heavy (non-hydrogen) atoms. The van der Waals surface area contributed by atoms with Gasteiger partial charge in [0.05, 0.1) is 13.2 Å². The van der Waals surface area contributed by atoms with E-state index in [-0.39, 0.29) is 13.5 Å². The van der Waals surface area contributed by atoms with E-state index in [0.717, 1.165) is 18.8 Å². The number of hydrogen-bond acceptors (Lipinski definition) is 7. The second kappa shape index (κ2) is 8.05. The van der Waals surface area contributed by atoms with E-state index in [0.29, 0.717) is 18.1 Å². The number of pyridine rings is 1. The van der Waals surface area contributed by atoms with Gasteiger partial charge in [-0.05, 0) is 39.3 Å². The molecule has 0 saturated carbocycles. The second-order valence-corrected chi connectivity index (χ2v) is 6.49. The average Bonchev–Trinajstić information content (AvgIpc) is 2.87. The van der Waals surface area contributed by atoms with Crippen LogP contribution in [0.15, 0.2) is 12.1 Å². The quantitative estimate of drug-likeness (QED) is 0.724. The summed E-state index contributed by atoms with van der Waals surface area (Å²) >= 11 is 0. The van der Waals surface area contributed by atoms with E-state index in [4.69, 9.17) is 15.3 Å².